The Morgan fingerprint density at radius 3 is 1.54 bits per heavy atom. The topological polar surface area (TPSA) is 26.3 Å². The molecule has 10 aromatic rings. The Labute approximate surface area is 277 Å². The monoisotopic (exact) mass is 612 g/mol. The second-order valence-electron chi connectivity index (χ2n) is 12.4. The third kappa shape index (κ3) is 4.06. The van der Waals surface area contributed by atoms with Gasteiger partial charge in [0, 0.05) is 21.7 Å². The van der Waals surface area contributed by atoms with E-state index in [1.165, 1.54) is 49.4 Å². The zero-order chi connectivity index (χ0) is 31.6. The number of benzene rings is 8. The van der Waals surface area contributed by atoms with E-state index < -0.39 is 0 Å². The van der Waals surface area contributed by atoms with E-state index in [-0.39, 0.29) is 0 Å². The lowest BCUT2D eigenvalue weighted by Gasteiger charge is -2.19. The number of fused-ring (bicyclic) bond motifs is 7. The van der Waals surface area contributed by atoms with E-state index in [9.17, 15) is 0 Å². The maximum absolute atomic E-state index is 6.58. The van der Waals surface area contributed by atoms with Crippen molar-refractivity contribution in [1.29, 1.82) is 0 Å². The lowest BCUT2D eigenvalue weighted by atomic mass is 9.84. The molecule has 0 fully saturated rings. The summed E-state index contributed by atoms with van der Waals surface area (Å²) in [6, 6.07) is 60.2. The first-order valence-electron chi connectivity index (χ1n) is 16.3. The molecule has 0 atom stereocenters. The third-order valence-electron chi connectivity index (χ3n) is 9.69. The molecule has 2 nitrogen and oxygen atoms in total. The highest BCUT2D eigenvalue weighted by Gasteiger charge is 2.20. The van der Waals surface area contributed by atoms with Crippen LogP contribution >= 0.6 is 0 Å². The molecule has 0 aliphatic carbocycles. The summed E-state index contributed by atoms with van der Waals surface area (Å²) in [7, 11) is 0. The number of furan rings is 2. The van der Waals surface area contributed by atoms with Crippen molar-refractivity contribution in [3.05, 3.63) is 170 Å². The quantitative estimate of drug-likeness (QED) is 0.185. The summed E-state index contributed by atoms with van der Waals surface area (Å²) in [4.78, 5) is 0. The van der Waals surface area contributed by atoms with Crippen molar-refractivity contribution in [2.24, 2.45) is 0 Å². The van der Waals surface area contributed by atoms with Gasteiger partial charge in [0.1, 0.15) is 22.5 Å². The average molecular weight is 613 g/mol. The Hall–Kier alpha value is -6.38. The van der Waals surface area contributed by atoms with Crippen LogP contribution in [0.5, 0.6) is 0 Å². The second kappa shape index (κ2) is 10.6. The molecule has 0 saturated carbocycles. The molecular weight excluding hydrogens is 585 g/mol. The van der Waals surface area contributed by atoms with Gasteiger partial charge >= 0.3 is 0 Å². The van der Waals surface area contributed by atoms with E-state index in [4.69, 9.17) is 8.83 Å². The minimum absolute atomic E-state index is 0.857. The maximum Gasteiger partial charge on any atom is 0.136 e. The van der Waals surface area contributed by atoms with E-state index in [1.807, 2.05) is 30.3 Å². The van der Waals surface area contributed by atoms with Gasteiger partial charge in [-0.25, -0.2) is 0 Å². The van der Waals surface area contributed by atoms with Crippen LogP contribution in [-0.4, -0.2) is 0 Å². The van der Waals surface area contributed by atoms with Gasteiger partial charge in [-0.1, -0.05) is 140 Å². The van der Waals surface area contributed by atoms with E-state index in [2.05, 4.69) is 140 Å². The Morgan fingerprint density at radius 1 is 0.292 bits per heavy atom. The fourth-order valence-corrected chi connectivity index (χ4v) is 7.59. The van der Waals surface area contributed by atoms with Crippen LogP contribution < -0.4 is 0 Å². The smallest absolute Gasteiger partial charge is 0.136 e. The molecule has 2 heteroatoms. The molecule has 0 aliphatic rings. The van der Waals surface area contributed by atoms with Crippen molar-refractivity contribution in [3.63, 3.8) is 0 Å². The van der Waals surface area contributed by atoms with Crippen molar-refractivity contribution < 1.29 is 8.83 Å². The molecule has 224 valence electrons. The molecule has 0 radical (unpaired) electrons. The summed E-state index contributed by atoms with van der Waals surface area (Å²) < 4.78 is 12.9. The van der Waals surface area contributed by atoms with Gasteiger partial charge in [0.2, 0.25) is 0 Å². The van der Waals surface area contributed by atoms with E-state index >= 15 is 0 Å². The molecule has 48 heavy (non-hydrogen) atoms. The van der Waals surface area contributed by atoms with Crippen molar-refractivity contribution >= 4 is 54.5 Å². The minimum atomic E-state index is 0.857. The first-order chi connectivity index (χ1) is 23.8. The maximum atomic E-state index is 6.58. The van der Waals surface area contributed by atoms with Gasteiger partial charge in [-0.3, -0.25) is 0 Å². The van der Waals surface area contributed by atoms with Crippen LogP contribution in [0.25, 0.3) is 99.2 Å². The van der Waals surface area contributed by atoms with Crippen LogP contribution in [0.2, 0.25) is 0 Å². The van der Waals surface area contributed by atoms with Gasteiger partial charge in [0.25, 0.3) is 0 Å². The number of hydrogen-bond acceptors (Lipinski definition) is 2. The molecule has 2 aromatic heterocycles. The third-order valence-corrected chi connectivity index (χ3v) is 9.69. The summed E-state index contributed by atoms with van der Waals surface area (Å²) in [6.07, 6.45) is 0. The highest BCUT2D eigenvalue weighted by molar-refractivity contribution is 6.24. The van der Waals surface area contributed by atoms with Crippen LogP contribution in [-0.2, 0) is 0 Å². The van der Waals surface area contributed by atoms with Gasteiger partial charge < -0.3 is 8.83 Å². The largest absolute Gasteiger partial charge is 0.456 e. The van der Waals surface area contributed by atoms with Crippen LogP contribution in [0.4, 0.5) is 0 Å². The summed E-state index contributed by atoms with van der Waals surface area (Å²) in [5.74, 6) is 0.857. The molecule has 0 unspecified atom stereocenters. The lowest BCUT2D eigenvalue weighted by Crippen LogP contribution is -1.92. The van der Waals surface area contributed by atoms with Gasteiger partial charge in [-0.2, -0.15) is 0 Å². The van der Waals surface area contributed by atoms with Crippen LogP contribution in [0.15, 0.2) is 179 Å². The zero-order valence-electron chi connectivity index (χ0n) is 26.0. The molecule has 2 heterocycles. The molecule has 8 aromatic carbocycles. The SMILES string of the molecule is c1ccc(-c2cc3c(ccc4oc5cc(-c6c7ccccc7c(-c7ccccc7-c7ccccc7)c7ccccc67)ccc5c43)o2)cc1. The fraction of sp³-hybridized carbons (Fsp3) is 0. The Balaban J connectivity index is 1.22. The predicted octanol–water partition coefficient (Wildman–Crippen LogP) is 13.3. The molecule has 0 saturated heterocycles. The predicted molar refractivity (Wildman–Crippen MR) is 200 cm³/mol. The summed E-state index contributed by atoms with van der Waals surface area (Å²) >= 11 is 0. The standard InChI is InChI=1S/C46H28O2/c1-3-13-29(14-4-1)32-17-7-8-18-33(32)45-36-21-11-9-19-34(36)44(35-20-10-12-22-37(35)45)31-23-24-38-43(27-31)48-41-26-25-40-39(46(38)41)28-42(47-40)30-15-5-2-6-16-30/h1-28H. The van der Waals surface area contributed by atoms with Gasteiger partial charge in [0.05, 0.1) is 0 Å². The summed E-state index contributed by atoms with van der Waals surface area (Å²) in [5.41, 5.74) is 10.9. The fourth-order valence-electron chi connectivity index (χ4n) is 7.59. The zero-order valence-corrected chi connectivity index (χ0v) is 26.0. The highest BCUT2D eigenvalue weighted by Crippen LogP contribution is 2.47. The normalized spacial score (nSPS) is 11.8. The van der Waals surface area contributed by atoms with E-state index in [1.54, 1.807) is 0 Å². The van der Waals surface area contributed by atoms with Gasteiger partial charge in [0.15, 0.2) is 0 Å². The van der Waals surface area contributed by atoms with Gasteiger partial charge in [-0.15, -0.1) is 0 Å². The van der Waals surface area contributed by atoms with Crippen molar-refractivity contribution in [2.45, 2.75) is 0 Å². The Bertz CT molecular complexity index is 2760. The van der Waals surface area contributed by atoms with E-state index in [0.717, 1.165) is 49.8 Å². The number of rotatable bonds is 4. The molecule has 0 N–H and O–H groups in total. The molecule has 0 aliphatic heterocycles. The van der Waals surface area contributed by atoms with Crippen LogP contribution in [0.1, 0.15) is 0 Å². The number of hydrogen-bond donors (Lipinski definition) is 0. The van der Waals surface area contributed by atoms with Crippen molar-refractivity contribution in [3.8, 4) is 44.7 Å². The van der Waals surface area contributed by atoms with Crippen molar-refractivity contribution in [1.82, 2.24) is 0 Å². The summed E-state index contributed by atoms with van der Waals surface area (Å²) in [6.45, 7) is 0. The van der Waals surface area contributed by atoms with Crippen LogP contribution in [0.3, 0.4) is 0 Å². The molecule has 0 amide bonds. The summed E-state index contributed by atoms with van der Waals surface area (Å²) in [5, 5.41) is 8.13. The minimum Gasteiger partial charge on any atom is -0.456 e. The van der Waals surface area contributed by atoms with Crippen molar-refractivity contribution in [2.75, 3.05) is 0 Å². The Kier molecular flexibility index (Phi) is 5.91. The average Bonchev–Trinajstić information content (AvgIpc) is 3.76. The van der Waals surface area contributed by atoms with Crippen LogP contribution in [0, 0.1) is 0 Å². The first kappa shape index (κ1) is 26.8. The molecule has 0 spiro atoms. The highest BCUT2D eigenvalue weighted by atomic mass is 16.3. The molecule has 10 rings (SSSR count). The van der Waals surface area contributed by atoms with Gasteiger partial charge in [-0.05, 0) is 85.3 Å². The molecule has 0 bridgehead atoms. The first-order valence-corrected chi connectivity index (χ1v) is 16.3. The molecular formula is C46H28O2. The Morgan fingerprint density at radius 2 is 0.854 bits per heavy atom. The van der Waals surface area contributed by atoms with E-state index in [0.29, 0.717) is 0 Å². The second-order valence-corrected chi connectivity index (χ2v) is 12.4. The lowest BCUT2D eigenvalue weighted by molar-refractivity contribution is 0.631.